The minimum Gasteiger partial charge on any atom is -0.475 e. The van der Waals surface area contributed by atoms with Gasteiger partial charge >= 0.3 is 0 Å². The number of ether oxygens (including phenoxy) is 1. The molecule has 108 valence electrons. The maximum absolute atomic E-state index is 10.6. The van der Waals surface area contributed by atoms with E-state index in [1.54, 1.807) is 12.1 Å². The number of nitrogens with zero attached hydrogens (tertiary/aromatic N) is 3. The molecule has 0 spiro atoms. The van der Waals surface area contributed by atoms with Gasteiger partial charge in [0.05, 0.1) is 4.92 Å². The number of nitro benzene ring substituents is 1. The van der Waals surface area contributed by atoms with Crippen LogP contribution in [0.4, 0.5) is 5.69 Å². The first-order valence-corrected chi connectivity index (χ1v) is 6.81. The first-order valence-electron chi connectivity index (χ1n) is 6.81. The van der Waals surface area contributed by atoms with E-state index in [9.17, 15) is 10.1 Å². The highest BCUT2D eigenvalue weighted by Crippen LogP contribution is 2.17. The third-order valence-corrected chi connectivity index (χ3v) is 3.40. The van der Waals surface area contributed by atoms with Gasteiger partial charge in [-0.15, -0.1) is 0 Å². The van der Waals surface area contributed by atoms with Crippen molar-refractivity contribution in [1.29, 1.82) is 0 Å². The van der Waals surface area contributed by atoms with Crippen molar-refractivity contribution in [3.8, 4) is 0 Å². The van der Waals surface area contributed by atoms with Crippen molar-refractivity contribution in [3.63, 3.8) is 0 Å². The molecule has 1 aliphatic rings. The normalized spacial score (nSPS) is 17.9. The lowest BCUT2D eigenvalue weighted by Gasteiger charge is -2.19. The SMILES string of the molecule is CCN(CC)C[C@H]1COC(c2ccc([N+](=O)[O-])cc2)=N1. The highest BCUT2D eigenvalue weighted by atomic mass is 16.6. The molecule has 6 heteroatoms. The van der Waals surface area contributed by atoms with Gasteiger partial charge in [-0.1, -0.05) is 13.8 Å². The third kappa shape index (κ3) is 3.33. The number of non-ortho nitro benzene ring substituents is 1. The van der Waals surface area contributed by atoms with Gasteiger partial charge in [-0.25, -0.2) is 4.99 Å². The van der Waals surface area contributed by atoms with Crippen molar-refractivity contribution in [2.75, 3.05) is 26.2 Å². The molecule has 0 unspecified atom stereocenters. The molecule has 6 nitrogen and oxygen atoms in total. The van der Waals surface area contributed by atoms with Gasteiger partial charge in [0.25, 0.3) is 5.69 Å². The van der Waals surface area contributed by atoms with Crippen LogP contribution in [0.3, 0.4) is 0 Å². The van der Waals surface area contributed by atoms with Gasteiger partial charge in [0.1, 0.15) is 12.6 Å². The molecule has 0 aromatic heterocycles. The largest absolute Gasteiger partial charge is 0.475 e. The zero-order chi connectivity index (χ0) is 14.5. The van der Waals surface area contributed by atoms with E-state index < -0.39 is 4.92 Å². The molecule has 0 fully saturated rings. The first kappa shape index (κ1) is 14.5. The van der Waals surface area contributed by atoms with Gasteiger partial charge in [0.2, 0.25) is 5.90 Å². The third-order valence-electron chi connectivity index (χ3n) is 3.40. The maximum Gasteiger partial charge on any atom is 0.269 e. The summed E-state index contributed by atoms with van der Waals surface area (Å²) in [6, 6.07) is 6.44. The molecular formula is C14H19N3O3. The fourth-order valence-corrected chi connectivity index (χ4v) is 2.17. The summed E-state index contributed by atoms with van der Waals surface area (Å²) in [6.07, 6.45) is 0. The van der Waals surface area contributed by atoms with Gasteiger partial charge in [0, 0.05) is 24.2 Å². The predicted octanol–water partition coefficient (Wildman–Crippen LogP) is 2.08. The van der Waals surface area contributed by atoms with Crippen LogP contribution < -0.4 is 0 Å². The lowest BCUT2D eigenvalue weighted by Crippen LogP contribution is -2.31. The van der Waals surface area contributed by atoms with Crippen molar-refractivity contribution < 1.29 is 9.66 Å². The molecule has 0 radical (unpaired) electrons. The van der Waals surface area contributed by atoms with E-state index in [4.69, 9.17) is 4.74 Å². The van der Waals surface area contributed by atoms with Crippen LogP contribution >= 0.6 is 0 Å². The lowest BCUT2D eigenvalue weighted by atomic mass is 10.2. The molecule has 1 aromatic carbocycles. The number of benzene rings is 1. The Hall–Kier alpha value is -1.95. The Kier molecular flexibility index (Phi) is 4.68. The summed E-state index contributed by atoms with van der Waals surface area (Å²) in [5, 5.41) is 10.6. The zero-order valence-corrected chi connectivity index (χ0v) is 11.8. The van der Waals surface area contributed by atoms with Crippen LogP contribution in [-0.4, -0.2) is 48.0 Å². The molecule has 1 atom stereocenters. The zero-order valence-electron chi connectivity index (χ0n) is 11.8. The molecule has 0 N–H and O–H groups in total. The average molecular weight is 277 g/mol. The smallest absolute Gasteiger partial charge is 0.269 e. The van der Waals surface area contributed by atoms with E-state index in [2.05, 4.69) is 23.7 Å². The number of rotatable bonds is 6. The second kappa shape index (κ2) is 6.47. The van der Waals surface area contributed by atoms with E-state index in [0.717, 1.165) is 25.2 Å². The summed E-state index contributed by atoms with van der Waals surface area (Å²) >= 11 is 0. The number of likely N-dealkylation sites (N-methyl/N-ethyl adjacent to an activating group) is 1. The quantitative estimate of drug-likeness (QED) is 0.589. The highest BCUT2D eigenvalue weighted by molar-refractivity contribution is 5.95. The summed E-state index contributed by atoms with van der Waals surface area (Å²) in [5.41, 5.74) is 0.865. The Morgan fingerprint density at radius 3 is 2.55 bits per heavy atom. The molecule has 1 aromatic rings. The van der Waals surface area contributed by atoms with Crippen LogP contribution in [0.1, 0.15) is 19.4 Å². The molecular weight excluding hydrogens is 258 g/mol. The fourth-order valence-electron chi connectivity index (χ4n) is 2.17. The van der Waals surface area contributed by atoms with Gasteiger partial charge in [-0.3, -0.25) is 10.1 Å². The Balaban J connectivity index is 2.04. The Labute approximate surface area is 118 Å². The minimum absolute atomic E-state index is 0.0760. The van der Waals surface area contributed by atoms with Crippen molar-refractivity contribution in [2.45, 2.75) is 19.9 Å². The fraction of sp³-hybridized carbons (Fsp3) is 0.500. The summed E-state index contributed by atoms with van der Waals surface area (Å²) < 4.78 is 5.60. The van der Waals surface area contributed by atoms with E-state index in [1.165, 1.54) is 12.1 Å². The number of aliphatic imine (C=N–C) groups is 1. The van der Waals surface area contributed by atoms with E-state index in [-0.39, 0.29) is 11.7 Å². The summed E-state index contributed by atoms with van der Waals surface area (Å²) in [5.74, 6) is 0.581. The average Bonchev–Trinajstić information content (AvgIpc) is 2.93. The van der Waals surface area contributed by atoms with Crippen LogP contribution in [0.25, 0.3) is 0 Å². The molecule has 0 saturated heterocycles. The Morgan fingerprint density at radius 2 is 2.00 bits per heavy atom. The molecule has 1 aliphatic heterocycles. The standard InChI is InChI=1S/C14H19N3O3/c1-3-16(4-2)9-12-10-20-14(15-12)11-5-7-13(8-6-11)17(18)19/h5-8,12H,3-4,9-10H2,1-2H3/t12-/m0/s1. The van der Waals surface area contributed by atoms with Crippen molar-refractivity contribution in [2.24, 2.45) is 4.99 Å². The number of nitro groups is 1. The molecule has 0 saturated carbocycles. The van der Waals surface area contributed by atoms with Crippen molar-refractivity contribution >= 4 is 11.6 Å². The maximum atomic E-state index is 10.6. The van der Waals surface area contributed by atoms with E-state index in [0.29, 0.717) is 12.5 Å². The van der Waals surface area contributed by atoms with Crippen LogP contribution in [0, 0.1) is 10.1 Å². The first-order chi connectivity index (χ1) is 9.63. The van der Waals surface area contributed by atoms with Gasteiger partial charge < -0.3 is 9.64 Å². The summed E-state index contributed by atoms with van der Waals surface area (Å²) in [6.45, 7) is 7.69. The molecule has 0 aliphatic carbocycles. The monoisotopic (exact) mass is 277 g/mol. The Bertz CT molecular complexity index is 495. The van der Waals surface area contributed by atoms with Crippen LogP contribution in [-0.2, 0) is 4.74 Å². The second-order valence-corrected chi connectivity index (χ2v) is 4.69. The molecule has 1 heterocycles. The molecule has 0 amide bonds. The van der Waals surface area contributed by atoms with Crippen molar-refractivity contribution in [1.82, 2.24) is 4.90 Å². The topological polar surface area (TPSA) is 68.0 Å². The minimum atomic E-state index is -0.412. The van der Waals surface area contributed by atoms with E-state index >= 15 is 0 Å². The predicted molar refractivity (Wildman–Crippen MR) is 77.2 cm³/mol. The summed E-state index contributed by atoms with van der Waals surface area (Å²) in [4.78, 5) is 17.1. The second-order valence-electron chi connectivity index (χ2n) is 4.69. The van der Waals surface area contributed by atoms with E-state index in [1.807, 2.05) is 0 Å². The van der Waals surface area contributed by atoms with Crippen LogP contribution in [0.2, 0.25) is 0 Å². The van der Waals surface area contributed by atoms with Crippen LogP contribution in [0.5, 0.6) is 0 Å². The van der Waals surface area contributed by atoms with Gasteiger partial charge in [-0.2, -0.15) is 0 Å². The van der Waals surface area contributed by atoms with Crippen molar-refractivity contribution in [3.05, 3.63) is 39.9 Å². The highest BCUT2D eigenvalue weighted by Gasteiger charge is 2.22. The molecule has 2 rings (SSSR count). The summed E-state index contributed by atoms with van der Waals surface area (Å²) in [7, 11) is 0. The molecule has 20 heavy (non-hydrogen) atoms. The molecule has 0 bridgehead atoms. The number of hydrogen-bond acceptors (Lipinski definition) is 5. The number of hydrogen-bond donors (Lipinski definition) is 0. The van der Waals surface area contributed by atoms with Gasteiger partial charge in [0.15, 0.2) is 0 Å². The van der Waals surface area contributed by atoms with Gasteiger partial charge in [-0.05, 0) is 25.2 Å². The van der Waals surface area contributed by atoms with Crippen LogP contribution in [0.15, 0.2) is 29.3 Å². The lowest BCUT2D eigenvalue weighted by molar-refractivity contribution is -0.384. The Morgan fingerprint density at radius 1 is 1.35 bits per heavy atom.